The molecule has 1 amide bonds. The minimum atomic E-state index is -3.58. The van der Waals surface area contributed by atoms with Gasteiger partial charge in [0, 0.05) is 5.69 Å². The lowest BCUT2D eigenvalue weighted by molar-refractivity contribution is 0.102. The Morgan fingerprint density at radius 3 is 2.57 bits per heavy atom. The molecule has 2 aromatic rings. The van der Waals surface area contributed by atoms with E-state index in [1.807, 2.05) is 0 Å². The molecule has 1 aromatic heterocycles. The van der Waals surface area contributed by atoms with Crippen LogP contribution in [-0.4, -0.2) is 21.4 Å². The number of nitrogens with one attached hydrogen (secondary N) is 2. The van der Waals surface area contributed by atoms with Crippen molar-refractivity contribution < 1.29 is 17.6 Å². The maximum absolute atomic E-state index is 12.1. The fourth-order valence-corrected chi connectivity index (χ4v) is 2.62. The summed E-state index contributed by atoms with van der Waals surface area (Å²) in [5.41, 5.74) is 1.28. The zero-order chi connectivity index (χ0) is 15.6. The minimum absolute atomic E-state index is 0.0239. The van der Waals surface area contributed by atoms with E-state index in [0.29, 0.717) is 5.69 Å². The van der Waals surface area contributed by atoms with Gasteiger partial charge in [0.15, 0.2) is 0 Å². The van der Waals surface area contributed by atoms with Crippen LogP contribution in [-0.2, 0) is 10.0 Å². The summed E-state index contributed by atoms with van der Waals surface area (Å²) >= 11 is 5.73. The average molecular weight is 329 g/mol. The number of aryl methyl sites for hydroxylation is 1. The Hall–Kier alpha value is -1.83. The second kappa shape index (κ2) is 5.88. The SMILES string of the molecule is CNS(=O)(=O)c1ccc(C)c(NC(=O)c2ccoc2Cl)c1. The molecular weight excluding hydrogens is 316 g/mol. The molecule has 2 N–H and O–H groups in total. The Labute approximate surface area is 127 Å². The van der Waals surface area contributed by atoms with Crippen LogP contribution in [0.25, 0.3) is 0 Å². The van der Waals surface area contributed by atoms with Crippen LogP contribution in [0.2, 0.25) is 5.22 Å². The van der Waals surface area contributed by atoms with E-state index in [0.717, 1.165) is 5.56 Å². The predicted octanol–water partition coefficient (Wildman–Crippen LogP) is 2.40. The van der Waals surface area contributed by atoms with Crippen LogP contribution in [0.5, 0.6) is 0 Å². The highest BCUT2D eigenvalue weighted by Gasteiger charge is 2.17. The Kier molecular flexibility index (Phi) is 4.36. The zero-order valence-corrected chi connectivity index (χ0v) is 12.9. The fourth-order valence-electron chi connectivity index (χ4n) is 1.67. The van der Waals surface area contributed by atoms with E-state index < -0.39 is 15.9 Å². The number of halogens is 1. The van der Waals surface area contributed by atoms with Crippen LogP contribution in [0, 0.1) is 6.92 Å². The van der Waals surface area contributed by atoms with Crippen LogP contribution in [0.4, 0.5) is 5.69 Å². The van der Waals surface area contributed by atoms with Gasteiger partial charge < -0.3 is 9.73 Å². The summed E-state index contributed by atoms with van der Waals surface area (Å²) in [6.07, 6.45) is 1.30. The van der Waals surface area contributed by atoms with Crippen LogP contribution in [0.15, 0.2) is 39.8 Å². The molecule has 1 aromatic carbocycles. The van der Waals surface area contributed by atoms with Crippen molar-refractivity contribution in [3.63, 3.8) is 0 Å². The van der Waals surface area contributed by atoms with Crippen molar-refractivity contribution in [1.82, 2.24) is 4.72 Å². The molecule has 21 heavy (non-hydrogen) atoms. The van der Waals surface area contributed by atoms with Gasteiger partial charge in [0.05, 0.1) is 16.7 Å². The van der Waals surface area contributed by atoms with Crippen LogP contribution >= 0.6 is 11.6 Å². The molecule has 0 aliphatic heterocycles. The summed E-state index contributed by atoms with van der Waals surface area (Å²) in [6, 6.07) is 5.88. The van der Waals surface area contributed by atoms with Gasteiger partial charge in [-0.25, -0.2) is 13.1 Å². The Morgan fingerprint density at radius 2 is 2.00 bits per heavy atom. The molecule has 0 saturated heterocycles. The van der Waals surface area contributed by atoms with Gasteiger partial charge in [-0.1, -0.05) is 6.07 Å². The summed E-state index contributed by atoms with van der Waals surface area (Å²) in [6.45, 7) is 1.75. The predicted molar refractivity (Wildman–Crippen MR) is 79.1 cm³/mol. The lowest BCUT2D eigenvalue weighted by Gasteiger charge is -2.10. The monoisotopic (exact) mass is 328 g/mol. The van der Waals surface area contributed by atoms with Crippen molar-refractivity contribution in [3.8, 4) is 0 Å². The van der Waals surface area contributed by atoms with E-state index in [-0.39, 0.29) is 15.7 Å². The molecule has 8 heteroatoms. The highest BCUT2D eigenvalue weighted by molar-refractivity contribution is 7.89. The van der Waals surface area contributed by atoms with Crippen molar-refractivity contribution in [3.05, 3.63) is 46.9 Å². The highest BCUT2D eigenvalue weighted by Crippen LogP contribution is 2.23. The lowest BCUT2D eigenvalue weighted by Crippen LogP contribution is -2.19. The number of furan rings is 1. The molecule has 0 atom stereocenters. The second-order valence-corrected chi connectivity index (χ2v) is 6.48. The van der Waals surface area contributed by atoms with Gasteiger partial charge >= 0.3 is 0 Å². The second-order valence-electron chi connectivity index (χ2n) is 4.25. The number of hydrogen-bond acceptors (Lipinski definition) is 4. The van der Waals surface area contributed by atoms with Gasteiger partial charge in [0.2, 0.25) is 15.2 Å². The van der Waals surface area contributed by atoms with Crippen molar-refractivity contribution in [2.24, 2.45) is 0 Å². The number of rotatable bonds is 4. The molecule has 0 fully saturated rings. The minimum Gasteiger partial charge on any atom is -0.452 e. The van der Waals surface area contributed by atoms with E-state index in [4.69, 9.17) is 16.0 Å². The molecule has 1 heterocycles. The Morgan fingerprint density at radius 1 is 1.29 bits per heavy atom. The fraction of sp³-hybridized carbons (Fsp3) is 0.154. The maximum Gasteiger partial charge on any atom is 0.260 e. The summed E-state index contributed by atoms with van der Waals surface area (Å²) in [5, 5.41) is 2.59. The van der Waals surface area contributed by atoms with Gasteiger partial charge in [0.1, 0.15) is 0 Å². The maximum atomic E-state index is 12.1. The quantitative estimate of drug-likeness (QED) is 0.902. The summed E-state index contributed by atoms with van der Waals surface area (Å²) in [7, 11) is -2.26. The number of hydrogen-bond donors (Lipinski definition) is 2. The lowest BCUT2D eigenvalue weighted by atomic mass is 10.2. The van der Waals surface area contributed by atoms with Crippen LogP contribution in [0.3, 0.4) is 0 Å². The Bertz CT molecular complexity index is 783. The van der Waals surface area contributed by atoms with E-state index in [1.54, 1.807) is 13.0 Å². The van der Waals surface area contributed by atoms with E-state index in [2.05, 4.69) is 10.0 Å². The largest absolute Gasteiger partial charge is 0.452 e. The standard InChI is InChI=1S/C13H13ClN2O4S/c1-8-3-4-9(21(18,19)15-2)7-11(8)16-13(17)10-5-6-20-12(10)14/h3-7,15H,1-2H3,(H,16,17). The van der Waals surface area contributed by atoms with Gasteiger partial charge in [0.25, 0.3) is 5.91 Å². The van der Waals surface area contributed by atoms with E-state index in [9.17, 15) is 13.2 Å². The molecule has 0 saturated carbocycles. The molecule has 2 rings (SSSR count). The zero-order valence-electron chi connectivity index (χ0n) is 11.3. The third-order valence-electron chi connectivity index (χ3n) is 2.90. The smallest absolute Gasteiger partial charge is 0.260 e. The number of sulfonamides is 1. The molecule has 0 aliphatic carbocycles. The van der Waals surface area contributed by atoms with Crippen molar-refractivity contribution in [2.45, 2.75) is 11.8 Å². The van der Waals surface area contributed by atoms with Crippen LogP contribution < -0.4 is 10.0 Å². The first-order chi connectivity index (χ1) is 9.85. The molecule has 6 nitrogen and oxygen atoms in total. The third kappa shape index (κ3) is 3.26. The van der Waals surface area contributed by atoms with Crippen molar-refractivity contribution >= 4 is 33.2 Å². The number of amides is 1. The number of carbonyl (C=O) groups excluding carboxylic acids is 1. The first kappa shape index (κ1) is 15.6. The van der Waals surface area contributed by atoms with Crippen molar-refractivity contribution in [2.75, 3.05) is 12.4 Å². The van der Waals surface area contributed by atoms with Gasteiger partial charge in [-0.05, 0) is 49.3 Å². The van der Waals surface area contributed by atoms with Gasteiger partial charge in [-0.15, -0.1) is 0 Å². The molecule has 0 unspecified atom stereocenters. The summed E-state index contributed by atoms with van der Waals surface area (Å²) < 4.78 is 30.6. The summed E-state index contributed by atoms with van der Waals surface area (Å²) in [4.78, 5) is 12.1. The molecule has 0 spiro atoms. The first-order valence-electron chi connectivity index (χ1n) is 5.93. The number of benzene rings is 1. The van der Waals surface area contributed by atoms with Crippen molar-refractivity contribution in [1.29, 1.82) is 0 Å². The highest BCUT2D eigenvalue weighted by atomic mass is 35.5. The van der Waals surface area contributed by atoms with Gasteiger partial charge in [-0.2, -0.15) is 0 Å². The number of anilines is 1. The molecule has 0 bridgehead atoms. The van der Waals surface area contributed by atoms with Crippen LogP contribution in [0.1, 0.15) is 15.9 Å². The number of carbonyl (C=O) groups is 1. The van der Waals surface area contributed by atoms with E-state index >= 15 is 0 Å². The molecule has 0 aliphatic rings. The van der Waals surface area contributed by atoms with E-state index in [1.165, 1.54) is 31.5 Å². The topological polar surface area (TPSA) is 88.4 Å². The normalized spacial score (nSPS) is 11.4. The average Bonchev–Trinajstić information content (AvgIpc) is 2.87. The first-order valence-corrected chi connectivity index (χ1v) is 7.80. The Balaban J connectivity index is 2.34. The van der Waals surface area contributed by atoms with Gasteiger partial charge in [-0.3, -0.25) is 4.79 Å². The molecular formula is C13H13ClN2O4S. The molecule has 0 radical (unpaired) electrons. The third-order valence-corrected chi connectivity index (χ3v) is 4.60. The molecule has 112 valence electrons. The summed E-state index contributed by atoms with van der Waals surface area (Å²) in [5.74, 6) is -0.476.